The largest absolute Gasteiger partial charge is 0.480 e. The molecule has 1 spiro atoms. The molecule has 0 amide bonds. The van der Waals surface area contributed by atoms with Gasteiger partial charge in [0.25, 0.3) is 0 Å². The molecule has 6 nitrogen and oxygen atoms in total. The van der Waals surface area contributed by atoms with Gasteiger partial charge in [0.15, 0.2) is 0 Å². The summed E-state index contributed by atoms with van der Waals surface area (Å²) in [5, 5.41) is 12.4. The highest BCUT2D eigenvalue weighted by molar-refractivity contribution is 5.74. The van der Waals surface area contributed by atoms with Gasteiger partial charge in [-0.2, -0.15) is 0 Å². The number of nitrogens with zero attached hydrogens (tertiary/aromatic N) is 3. The maximum atomic E-state index is 11.2. The average molecular weight is 318 g/mol. The zero-order chi connectivity index (χ0) is 16.4. The molecule has 1 atom stereocenters. The van der Waals surface area contributed by atoms with Gasteiger partial charge >= 0.3 is 5.97 Å². The number of carboxylic acid groups (broad SMARTS) is 1. The standard InChI is InChI=1S/C17H26N4O2/c1-3-4-13-10-18-12(2)20-15(13)21-7-5-17(6-8-21)9-14(16(22)23)19-11-17/h10,14,19H,3-9,11H2,1-2H3,(H,22,23)/t14-/m1/s1. The third kappa shape index (κ3) is 3.32. The van der Waals surface area contributed by atoms with Gasteiger partial charge in [0.2, 0.25) is 0 Å². The molecule has 1 aromatic rings. The molecule has 126 valence electrons. The Labute approximate surface area is 137 Å². The lowest BCUT2D eigenvalue weighted by Gasteiger charge is -2.40. The summed E-state index contributed by atoms with van der Waals surface area (Å²) >= 11 is 0. The lowest BCUT2D eigenvalue weighted by Crippen LogP contribution is -2.42. The predicted molar refractivity (Wildman–Crippen MR) is 88.7 cm³/mol. The molecule has 2 aliphatic heterocycles. The fourth-order valence-electron chi connectivity index (χ4n) is 3.87. The predicted octanol–water partition coefficient (Wildman–Crippen LogP) is 1.77. The van der Waals surface area contributed by atoms with E-state index in [1.807, 2.05) is 13.1 Å². The first-order chi connectivity index (χ1) is 11.0. The monoisotopic (exact) mass is 318 g/mol. The number of carboxylic acids is 1. The molecular formula is C17H26N4O2. The molecule has 2 aliphatic rings. The van der Waals surface area contributed by atoms with E-state index in [0.717, 1.165) is 63.4 Å². The van der Waals surface area contributed by atoms with E-state index in [1.54, 1.807) is 0 Å². The Bertz CT molecular complexity index is 582. The number of hydrogen-bond donors (Lipinski definition) is 2. The Hall–Kier alpha value is -1.69. The molecule has 23 heavy (non-hydrogen) atoms. The van der Waals surface area contributed by atoms with Gasteiger partial charge < -0.3 is 15.3 Å². The van der Waals surface area contributed by atoms with Crippen LogP contribution >= 0.6 is 0 Å². The van der Waals surface area contributed by atoms with Crippen molar-refractivity contribution in [2.24, 2.45) is 5.41 Å². The first kappa shape index (κ1) is 16.2. The van der Waals surface area contributed by atoms with Crippen LogP contribution in [0.3, 0.4) is 0 Å². The minimum absolute atomic E-state index is 0.145. The molecule has 2 N–H and O–H groups in total. The maximum Gasteiger partial charge on any atom is 0.320 e. The van der Waals surface area contributed by atoms with E-state index in [-0.39, 0.29) is 11.5 Å². The van der Waals surface area contributed by atoms with Gasteiger partial charge in [-0.05, 0) is 38.0 Å². The zero-order valence-corrected chi connectivity index (χ0v) is 14.0. The van der Waals surface area contributed by atoms with E-state index in [1.165, 1.54) is 5.56 Å². The van der Waals surface area contributed by atoms with E-state index >= 15 is 0 Å². The highest BCUT2D eigenvalue weighted by atomic mass is 16.4. The third-order valence-electron chi connectivity index (χ3n) is 5.26. The van der Waals surface area contributed by atoms with E-state index in [2.05, 4.69) is 27.1 Å². The van der Waals surface area contributed by atoms with Gasteiger partial charge in [-0.25, -0.2) is 9.97 Å². The van der Waals surface area contributed by atoms with Crippen molar-refractivity contribution in [1.29, 1.82) is 0 Å². The first-order valence-electron chi connectivity index (χ1n) is 8.57. The minimum Gasteiger partial charge on any atom is -0.480 e. The second-order valence-electron chi connectivity index (χ2n) is 6.98. The van der Waals surface area contributed by atoms with Crippen molar-refractivity contribution in [2.75, 3.05) is 24.5 Å². The fourth-order valence-corrected chi connectivity index (χ4v) is 3.87. The number of aryl methyl sites for hydroxylation is 2. The van der Waals surface area contributed by atoms with Gasteiger partial charge in [0.1, 0.15) is 17.7 Å². The Morgan fingerprint density at radius 2 is 2.22 bits per heavy atom. The van der Waals surface area contributed by atoms with Gasteiger partial charge in [-0.15, -0.1) is 0 Å². The summed E-state index contributed by atoms with van der Waals surface area (Å²) in [6, 6.07) is -0.376. The number of piperidine rings is 1. The van der Waals surface area contributed by atoms with E-state index in [9.17, 15) is 9.90 Å². The fraction of sp³-hybridized carbons (Fsp3) is 0.706. The SMILES string of the molecule is CCCc1cnc(C)nc1N1CCC2(CC1)CN[C@@H](C(=O)O)C2. The Morgan fingerprint density at radius 1 is 1.48 bits per heavy atom. The lowest BCUT2D eigenvalue weighted by molar-refractivity contribution is -0.139. The van der Waals surface area contributed by atoms with Crippen molar-refractivity contribution in [3.8, 4) is 0 Å². The van der Waals surface area contributed by atoms with Crippen LogP contribution in [0.25, 0.3) is 0 Å². The molecule has 2 fully saturated rings. The summed E-state index contributed by atoms with van der Waals surface area (Å²) < 4.78 is 0. The topological polar surface area (TPSA) is 78.4 Å². The van der Waals surface area contributed by atoms with Gasteiger partial charge in [0, 0.05) is 31.4 Å². The average Bonchev–Trinajstić information content (AvgIpc) is 2.94. The van der Waals surface area contributed by atoms with Crippen LogP contribution in [0, 0.1) is 12.3 Å². The number of carbonyl (C=O) groups is 1. The van der Waals surface area contributed by atoms with Gasteiger partial charge in [-0.1, -0.05) is 13.3 Å². The van der Waals surface area contributed by atoms with E-state index < -0.39 is 5.97 Å². The molecular weight excluding hydrogens is 292 g/mol. The van der Waals surface area contributed by atoms with Crippen LogP contribution in [-0.2, 0) is 11.2 Å². The van der Waals surface area contributed by atoms with E-state index in [4.69, 9.17) is 0 Å². The molecule has 6 heteroatoms. The molecule has 0 saturated carbocycles. The Balaban J connectivity index is 1.70. The van der Waals surface area contributed by atoms with Crippen LogP contribution in [0.2, 0.25) is 0 Å². The van der Waals surface area contributed by atoms with Crippen LogP contribution in [0.5, 0.6) is 0 Å². The van der Waals surface area contributed by atoms with Crippen LogP contribution < -0.4 is 10.2 Å². The quantitative estimate of drug-likeness (QED) is 0.881. The number of nitrogens with one attached hydrogen (secondary N) is 1. The summed E-state index contributed by atoms with van der Waals surface area (Å²) in [6.45, 7) is 6.82. The highest BCUT2D eigenvalue weighted by Gasteiger charge is 2.43. The van der Waals surface area contributed by atoms with Crippen LogP contribution in [0.15, 0.2) is 6.20 Å². The Morgan fingerprint density at radius 3 is 2.83 bits per heavy atom. The number of aliphatic carboxylic acids is 1. The van der Waals surface area contributed by atoms with Crippen molar-refractivity contribution in [1.82, 2.24) is 15.3 Å². The zero-order valence-electron chi connectivity index (χ0n) is 14.0. The van der Waals surface area contributed by atoms with Gasteiger partial charge in [0.05, 0.1) is 0 Å². The molecule has 2 saturated heterocycles. The molecule has 3 rings (SSSR count). The van der Waals surface area contributed by atoms with Crippen LogP contribution in [-0.4, -0.2) is 46.7 Å². The number of hydrogen-bond acceptors (Lipinski definition) is 5. The smallest absolute Gasteiger partial charge is 0.320 e. The second kappa shape index (κ2) is 6.43. The number of rotatable bonds is 4. The van der Waals surface area contributed by atoms with Crippen molar-refractivity contribution < 1.29 is 9.90 Å². The minimum atomic E-state index is -0.721. The Kier molecular flexibility index (Phi) is 4.53. The maximum absolute atomic E-state index is 11.2. The highest BCUT2D eigenvalue weighted by Crippen LogP contribution is 2.40. The first-order valence-corrected chi connectivity index (χ1v) is 8.57. The molecule has 1 aromatic heterocycles. The van der Waals surface area contributed by atoms with Gasteiger partial charge in [-0.3, -0.25) is 4.79 Å². The van der Waals surface area contributed by atoms with E-state index in [0.29, 0.717) is 0 Å². The van der Waals surface area contributed by atoms with Crippen molar-refractivity contribution >= 4 is 11.8 Å². The van der Waals surface area contributed by atoms with Crippen molar-refractivity contribution in [3.05, 3.63) is 17.6 Å². The molecule has 3 heterocycles. The molecule has 0 unspecified atom stereocenters. The van der Waals surface area contributed by atoms with Crippen LogP contribution in [0.4, 0.5) is 5.82 Å². The summed E-state index contributed by atoms with van der Waals surface area (Å²) in [4.78, 5) is 22.6. The summed E-state index contributed by atoms with van der Waals surface area (Å²) in [5.41, 5.74) is 1.37. The summed E-state index contributed by atoms with van der Waals surface area (Å²) in [7, 11) is 0. The summed E-state index contributed by atoms with van der Waals surface area (Å²) in [5.74, 6) is 1.17. The number of aromatic nitrogens is 2. The van der Waals surface area contributed by atoms with Crippen molar-refractivity contribution in [2.45, 2.75) is 52.0 Å². The second-order valence-corrected chi connectivity index (χ2v) is 6.98. The molecule has 0 radical (unpaired) electrons. The molecule has 0 aliphatic carbocycles. The van der Waals surface area contributed by atoms with Crippen molar-refractivity contribution in [3.63, 3.8) is 0 Å². The third-order valence-corrected chi connectivity index (χ3v) is 5.26. The molecule has 0 aromatic carbocycles. The molecule has 0 bridgehead atoms. The summed E-state index contributed by atoms with van der Waals surface area (Å²) in [6.07, 6.45) is 6.85. The normalized spacial score (nSPS) is 23.4. The lowest BCUT2D eigenvalue weighted by atomic mass is 9.76. The van der Waals surface area contributed by atoms with Crippen LogP contribution in [0.1, 0.15) is 44.0 Å². The number of anilines is 1.